The van der Waals surface area contributed by atoms with Gasteiger partial charge in [0.25, 0.3) is 0 Å². The van der Waals surface area contributed by atoms with Crippen molar-refractivity contribution in [2.24, 2.45) is 0 Å². The Morgan fingerprint density at radius 3 is 2.95 bits per heavy atom. The quantitative estimate of drug-likeness (QED) is 0.914. The molecule has 1 aliphatic carbocycles. The maximum atomic E-state index is 6.30. The van der Waals surface area contributed by atoms with Gasteiger partial charge in [0, 0.05) is 30.0 Å². The fourth-order valence-electron chi connectivity index (χ4n) is 3.62. The Bertz CT molecular complexity index is 486. The van der Waals surface area contributed by atoms with Crippen LogP contribution in [0.25, 0.3) is 0 Å². The van der Waals surface area contributed by atoms with Crippen LogP contribution in [0.15, 0.2) is 18.2 Å². The van der Waals surface area contributed by atoms with Gasteiger partial charge in [0.2, 0.25) is 0 Å². The Morgan fingerprint density at radius 1 is 1.38 bits per heavy atom. The fraction of sp³-hybridized carbons (Fsp3) is 0.647. The van der Waals surface area contributed by atoms with Crippen molar-refractivity contribution in [3.8, 4) is 5.75 Å². The summed E-state index contributed by atoms with van der Waals surface area (Å²) >= 11 is 6.09. The molecule has 0 aromatic heterocycles. The van der Waals surface area contributed by atoms with E-state index in [2.05, 4.69) is 5.32 Å². The van der Waals surface area contributed by atoms with Gasteiger partial charge in [-0.1, -0.05) is 24.4 Å². The third-order valence-electron chi connectivity index (χ3n) is 4.65. The van der Waals surface area contributed by atoms with Crippen molar-refractivity contribution < 1.29 is 9.47 Å². The molecule has 1 atom stereocenters. The first-order valence-corrected chi connectivity index (χ1v) is 8.32. The summed E-state index contributed by atoms with van der Waals surface area (Å²) in [5.41, 5.74) is 1.22. The Labute approximate surface area is 132 Å². The number of benzene rings is 1. The van der Waals surface area contributed by atoms with Gasteiger partial charge in [-0.05, 0) is 38.1 Å². The van der Waals surface area contributed by atoms with Crippen molar-refractivity contribution in [1.29, 1.82) is 0 Å². The van der Waals surface area contributed by atoms with E-state index in [0.717, 1.165) is 42.3 Å². The van der Waals surface area contributed by atoms with Crippen LogP contribution in [0, 0.1) is 0 Å². The average molecular weight is 310 g/mol. The highest BCUT2D eigenvalue weighted by Crippen LogP contribution is 2.41. The summed E-state index contributed by atoms with van der Waals surface area (Å²) in [6, 6.07) is 5.88. The molecule has 0 radical (unpaired) electrons. The Hall–Kier alpha value is -0.770. The first kappa shape index (κ1) is 15.1. The van der Waals surface area contributed by atoms with Gasteiger partial charge >= 0.3 is 0 Å². The zero-order valence-corrected chi connectivity index (χ0v) is 13.4. The van der Waals surface area contributed by atoms with Crippen LogP contribution in [0.2, 0.25) is 5.02 Å². The molecule has 1 saturated carbocycles. The van der Waals surface area contributed by atoms with Crippen molar-refractivity contribution in [3.63, 3.8) is 0 Å². The molecule has 0 amide bonds. The second-order valence-corrected chi connectivity index (χ2v) is 6.69. The van der Waals surface area contributed by atoms with Gasteiger partial charge in [0.1, 0.15) is 11.9 Å². The predicted octanol–water partition coefficient (Wildman–Crippen LogP) is 3.93. The van der Waals surface area contributed by atoms with Gasteiger partial charge in [0.05, 0.1) is 12.2 Å². The van der Waals surface area contributed by atoms with Crippen LogP contribution in [-0.4, -0.2) is 25.4 Å². The number of nitrogens with one attached hydrogen (secondary N) is 1. The number of halogens is 1. The number of ether oxygens (including phenoxy) is 2. The third kappa shape index (κ3) is 3.53. The number of hydrogen-bond donors (Lipinski definition) is 1. The molecular weight excluding hydrogens is 286 g/mol. The molecule has 1 aromatic rings. The van der Waals surface area contributed by atoms with E-state index in [1.165, 1.54) is 25.7 Å². The largest absolute Gasteiger partial charge is 0.490 e. The highest BCUT2D eigenvalue weighted by molar-refractivity contribution is 6.30. The molecule has 1 spiro atoms. The maximum absolute atomic E-state index is 6.30. The van der Waals surface area contributed by atoms with Crippen LogP contribution in [0.5, 0.6) is 5.75 Å². The minimum atomic E-state index is 0.0957. The van der Waals surface area contributed by atoms with E-state index in [9.17, 15) is 0 Å². The van der Waals surface area contributed by atoms with Crippen LogP contribution in [-0.2, 0) is 11.3 Å². The van der Waals surface area contributed by atoms with Crippen molar-refractivity contribution in [2.75, 3.05) is 13.7 Å². The van der Waals surface area contributed by atoms with E-state index >= 15 is 0 Å². The molecule has 3 rings (SSSR count). The smallest absolute Gasteiger partial charge is 0.124 e. The van der Waals surface area contributed by atoms with Gasteiger partial charge in [-0.2, -0.15) is 0 Å². The molecule has 1 aromatic carbocycles. The third-order valence-corrected chi connectivity index (χ3v) is 4.88. The second kappa shape index (κ2) is 6.55. The first-order valence-electron chi connectivity index (χ1n) is 7.94. The summed E-state index contributed by atoms with van der Waals surface area (Å²) in [6.07, 6.45) is 7.22. The lowest BCUT2D eigenvalue weighted by Crippen LogP contribution is -2.41. The highest BCUT2D eigenvalue weighted by Gasteiger charge is 2.40. The average Bonchev–Trinajstić information content (AvgIpc) is 2.90. The maximum Gasteiger partial charge on any atom is 0.124 e. The Morgan fingerprint density at radius 2 is 2.19 bits per heavy atom. The van der Waals surface area contributed by atoms with Crippen LogP contribution in [0.3, 0.4) is 0 Å². The highest BCUT2D eigenvalue weighted by atomic mass is 35.5. The summed E-state index contributed by atoms with van der Waals surface area (Å²) < 4.78 is 12.4. The Balaban J connectivity index is 1.71. The lowest BCUT2D eigenvalue weighted by Gasteiger charge is -2.38. The van der Waals surface area contributed by atoms with Crippen LogP contribution in [0.1, 0.15) is 44.1 Å². The minimum absolute atomic E-state index is 0.0957. The molecule has 1 N–H and O–H groups in total. The van der Waals surface area contributed by atoms with E-state index in [-0.39, 0.29) is 11.7 Å². The van der Waals surface area contributed by atoms with Gasteiger partial charge in [0.15, 0.2) is 0 Å². The lowest BCUT2D eigenvalue weighted by atomic mass is 9.90. The van der Waals surface area contributed by atoms with Crippen molar-refractivity contribution in [2.45, 2.75) is 56.8 Å². The summed E-state index contributed by atoms with van der Waals surface area (Å²) in [5, 5.41) is 3.93. The molecule has 116 valence electrons. The zero-order chi connectivity index (χ0) is 14.7. The molecule has 3 nitrogen and oxygen atoms in total. The molecular formula is C17H24ClNO2. The SMILES string of the molecule is CNCc1cc(Cl)ccc1OC1CCOC2(CCCC2)C1. The van der Waals surface area contributed by atoms with Gasteiger partial charge < -0.3 is 14.8 Å². The van der Waals surface area contributed by atoms with E-state index < -0.39 is 0 Å². The molecule has 1 saturated heterocycles. The van der Waals surface area contributed by atoms with Crippen molar-refractivity contribution in [3.05, 3.63) is 28.8 Å². The topological polar surface area (TPSA) is 30.5 Å². The van der Waals surface area contributed by atoms with Crippen LogP contribution < -0.4 is 10.1 Å². The standard InChI is InChI=1S/C17H24ClNO2/c1-19-12-13-10-14(18)4-5-16(13)21-15-6-9-20-17(11-15)7-2-3-8-17/h4-5,10,15,19H,2-3,6-9,11-12H2,1H3. The van der Waals surface area contributed by atoms with E-state index in [4.69, 9.17) is 21.1 Å². The van der Waals surface area contributed by atoms with E-state index in [1.54, 1.807) is 0 Å². The lowest BCUT2D eigenvalue weighted by molar-refractivity contribution is -0.108. The molecule has 4 heteroatoms. The summed E-state index contributed by atoms with van der Waals surface area (Å²) in [7, 11) is 1.94. The number of hydrogen-bond acceptors (Lipinski definition) is 3. The predicted molar refractivity (Wildman–Crippen MR) is 85.0 cm³/mol. The summed E-state index contributed by atoms with van der Waals surface area (Å²) in [5.74, 6) is 0.953. The van der Waals surface area contributed by atoms with Gasteiger partial charge in [-0.3, -0.25) is 0 Å². The zero-order valence-electron chi connectivity index (χ0n) is 12.7. The van der Waals surface area contributed by atoms with Gasteiger partial charge in [-0.15, -0.1) is 0 Å². The van der Waals surface area contributed by atoms with Crippen molar-refractivity contribution >= 4 is 11.6 Å². The molecule has 21 heavy (non-hydrogen) atoms. The van der Waals surface area contributed by atoms with Crippen molar-refractivity contribution in [1.82, 2.24) is 5.32 Å². The second-order valence-electron chi connectivity index (χ2n) is 6.25. The molecule has 1 heterocycles. The summed E-state index contributed by atoms with van der Waals surface area (Å²) in [4.78, 5) is 0. The van der Waals surface area contributed by atoms with E-state index in [1.807, 2.05) is 25.2 Å². The number of rotatable bonds is 4. The Kier molecular flexibility index (Phi) is 4.72. The molecule has 2 aliphatic rings. The van der Waals surface area contributed by atoms with E-state index in [0.29, 0.717) is 0 Å². The normalized spacial score (nSPS) is 24.4. The molecule has 1 unspecified atom stereocenters. The molecule has 0 bridgehead atoms. The van der Waals surface area contributed by atoms with Gasteiger partial charge in [-0.25, -0.2) is 0 Å². The monoisotopic (exact) mass is 309 g/mol. The minimum Gasteiger partial charge on any atom is -0.490 e. The summed E-state index contributed by atoms with van der Waals surface area (Å²) in [6.45, 7) is 1.59. The van der Waals surface area contributed by atoms with Crippen LogP contribution >= 0.6 is 11.6 Å². The molecule has 2 fully saturated rings. The fourth-order valence-corrected chi connectivity index (χ4v) is 3.82. The molecule has 1 aliphatic heterocycles. The first-order chi connectivity index (χ1) is 10.2. The van der Waals surface area contributed by atoms with Crippen LogP contribution in [0.4, 0.5) is 0 Å².